The molecule has 0 fully saturated rings. The smallest absolute Gasteiger partial charge is 0.0745 e. The van der Waals surface area contributed by atoms with Crippen molar-refractivity contribution >= 4 is 5.69 Å². The van der Waals surface area contributed by atoms with E-state index in [2.05, 4.69) is 24.4 Å². The molecule has 0 heterocycles. The van der Waals surface area contributed by atoms with Gasteiger partial charge in [-0.25, -0.2) is 0 Å². The molecule has 0 saturated heterocycles. The number of rotatable bonds is 4. The predicted molar refractivity (Wildman–Crippen MR) is 71.1 cm³/mol. The van der Waals surface area contributed by atoms with Crippen LogP contribution in [0, 0.1) is 6.92 Å². The van der Waals surface area contributed by atoms with Crippen molar-refractivity contribution in [3.63, 3.8) is 0 Å². The lowest BCUT2D eigenvalue weighted by Crippen LogP contribution is -2.14. The molecule has 0 spiro atoms. The van der Waals surface area contributed by atoms with Gasteiger partial charge >= 0.3 is 0 Å². The fraction of sp³-hybridized carbons (Fsp3) is 0.200. The van der Waals surface area contributed by atoms with Crippen LogP contribution in [0.5, 0.6) is 0 Å². The third-order valence-electron chi connectivity index (χ3n) is 2.78. The van der Waals surface area contributed by atoms with Gasteiger partial charge in [0.05, 0.1) is 12.6 Å². The number of benzene rings is 2. The second-order valence-electron chi connectivity index (χ2n) is 4.16. The van der Waals surface area contributed by atoms with Crippen molar-refractivity contribution in [3.8, 4) is 0 Å². The van der Waals surface area contributed by atoms with Gasteiger partial charge in [0, 0.05) is 5.69 Å². The number of hydrogen-bond donors (Lipinski definition) is 2. The molecule has 1 atom stereocenters. The third-order valence-corrected chi connectivity index (χ3v) is 2.78. The minimum atomic E-state index is -0.0566. The summed E-state index contributed by atoms with van der Waals surface area (Å²) < 4.78 is 0. The molecule has 0 aliphatic heterocycles. The number of anilines is 1. The maximum atomic E-state index is 9.43. The van der Waals surface area contributed by atoms with Crippen LogP contribution in [0.15, 0.2) is 54.6 Å². The van der Waals surface area contributed by atoms with Crippen molar-refractivity contribution in [2.45, 2.75) is 13.0 Å². The molecule has 2 aromatic rings. The van der Waals surface area contributed by atoms with Gasteiger partial charge in [0.15, 0.2) is 0 Å². The highest BCUT2D eigenvalue weighted by molar-refractivity contribution is 5.46. The molecule has 0 bridgehead atoms. The van der Waals surface area contributed by atoms with E-state index in [4.69, 9.17) is 0 Å². The van der Waals surface area contributed by atoms with Crippen molar-refractivity contribution in [1.29, 1.82) is 0 Å². The van der Waals surface area contributed by atoms with Crippen LogP contribution in [0.4, 0.5) is 5.69 Å². The van der Waals surface area contributed by atoms with Crippen LogP contribution in [-0.2, 0) is 0 Å². The minimum absolute atomic E-state index is 0.0566. The van der Waals surface area contributed by atoms with E-state index >= 15 is 0 Å². The average molecular weight is 227 g/mol. The predicted octanol–water partition coefficient (Wildman–Crippen LogP) is 3.14. The van der Waals surface area contributed by atoms with Crippen molar-refractivity contribution < 1.29 is 5.11 Å². The minimum Gasteiger partial charge on any atom is -0.394 e. The van der Waals surface area contributed by atoms with Crippen molar-refractivity contribution in [2.24, 2.45) is 0 Å². The summed E-state index contributed by atoms with van der Waals surface area (Å²) >= 11 is 0. The normalized spacial score (nSPS) is 12.1. The summed E-state index contributed by atoms with van der Waals surface area (Å²) in [6, 6.07) is 18.1. The van der Waals surface area contributed by atoms with E-state index in [0.717, 1.165) is 11.3 Å². The van der Waals surface area contributed by atoms with E-state index in [9.17, 15) is 5.11 Å². The number of aryl methyl sites for hydroxylation is 1. The Balaban J connectivity index is 2.13. The van der Waals surface area contributed by atoms with Crippen LogP contribution in [0.2, 0.25) is 0 Å². The topological polar surface area (TPSA) is 32.3 Å². The van der Waals surface area contributed by atoms with Crippen LogP contribution >= 0.6 is 0 Å². The van der Waals surface area contributed by atoms with E-state index in [1.54, 1.807) is 0 Å². The molecular weight excluding hydrogens is 210 g/mol. The zero-order valence-corrected chi connectivity index (χ0v) is 9.93. The van der Waals surface area contributed by atoms with Crippen molar-refractivity contribution in [1.82, 2.24) is 0 Å². The van der Waals surface area contributed by atoms with Crippen LogP contribution in [0.25, 0.3) is 0 Å². The molecule has 0 radical (unpaired) electrons. The fourth-order valence-corrected chi connectivity index (χ4v) is 1.77. The molecule has 2 N–H and O–H groups in total. The maximum absolute atomic E-state index is 9.43. The van der Waals surface area contributed by atoms with E-state index in [0.29, 0.717) is 0 Å². The molecule has 2 nitrogen and oxygen atoms in total. The SMILES string of the molecule is Cc1ccc(N[C@H](CO)c2ccccc2)cc1. The summed E-state index contributed by atoms with van der Waals surface area (Å²) in [5, 5.41) is 12.8. The van der Waals surface area contributed by atoms with Crippen LogP contribution in [0.3, 0.4) is 0 Å². The Morgan fingerprint density at radius 2 is 1.65 bits per heavy atom. The van der Waals surface area contributed by atoms with E-state index in [1.807, 2.05) is 42.5 Å². The van der Waals surface area contributed by atoms with E-state index in [-0.39, 0.29) is 12.6 Å². The Kier molecular flexibility index (Phi) is 3.78. The Bertz CT molecular complexity index is 450. The van der Waals surface area contributed by atoms with Gasteiger partial charge in [0.2, 0.25) is 0 Å². The number of aliphatic hydroxyl groups is 1. The number of nitrogens with one attached hydrogen (secondary N) is 1. The molecule has 0 amide bonds. The van der Waals surface area contributed by atoms with Gasteiger partial charge in [-0.2, -0.15) is 0 Å². The lowest BCUT2D eigenvalue weighted by atomic mass is 10.1. The number of hydrogen-bond acceptors (Lipinski definition) is 2. The van der Waals surface area contributed by atoms with Crippen LogP contribution < -0.4 is 5.32 Å². The first-order chi connectivity index (χ1) is 8.29. The fourth-order valence-electron chi connectivity index (χ4n) is 1.77. The van der Waals surface area contributed by atoms with Crippen LogP contribution in [-0.4, -0.2) is 11.7 Å². The van der Waals surface area contributed by atoms with Gasteiger partial charge in [-0.05, 0) is 24.6 Å². The highest BCUT2D eigenvalue weighted by Crippen LogP contribution is 2.19. The van der Waals surface area contributed by atoms with E-state index < -0.39 is 0 Å². The average Bonchev–Trinajstić information content (AvgIpc) is 2.39. The highest BCUT2D eigenvalue weighted by Gasteiger charge is 2.08. The molecule has 0 aliphatic rings. The summed E-state index contributed by atoms with van der Waals surface area (Å²) in [6.07, 6.45) is 0. The number of aliphatic hydroxyl groups excluding tert-OH is 1. The molecule has 2 rings (SSSR count). The largest absolute Gasteiger partial charge is 0.394 e. The van der Waals surface area contributed by atoms with Gasteiger partial charge < -0.3 is 10.4 Å². The van der Waals surface area contributed by atoms with E-state index in [1.165, 1.54) is 5.56 Å². The molecule has 2 aromatic carbocycles. The maximum Gasteiger partial charge on any atom is 0.0745 e. The first kappa shape index (κ1) is 11.7. The van der Waals surface area contributed by atoms with Gasteiger partial charge in [0.1, 0.15) is 0 Å². The van der Waals surface area contributed by atoms with Gasteiger partial charge in [0.25, 0.3) is 0 Å². The van der Waals surface area contributed by atoms with Crippen molar-refractivity contribution in [3.05, 3.63) is 65.7 Å². The summed E-state index contributed by atoms with van der Waals surface area (Å²) in [5.74, 6) is 0. The summed E-state index contributed by atoms with van der Waals surface area (Å²) in [7, 11) is 0. The Morgan fingerprint density at radius 1 is 1.00 bits per heavy atom. The summed E-state index contributed by atoms with van der Waals surface area (Å²) in [5.41, 5.74) is 3.35. The summed E-state index contributed by atoms with van der Waals surface area (Å²) in [4.78, 5) is 0. The Hall–Kier alpha value is -1.80. The lowest BCUT2D eigenvalue weighted by molar-refractivity contribution is 0.276. The van der Waals surface area contributed by atoms with Crippen LogP contribution in [0.1, 0.15) is 17.2 Å². The first-order valence-corrected chi connectivity index (χ1v) is 5.78. The molecule has 0 unspecified atom stereocenters. The van der Waals surface area contributed by atoms with Gasteiger partial charge in [-0.3, -0.25) is 0 Å². The Morgan fingerprint density at radius 3 is 2.24 bits per heavy atom. The molecular formula is C15H17NO. The molecule has 0 aromatic heterocycles. The first-order valence-electron chi connectivity index (χ1n) is 5.78. The quantitative estimate of drug-likeness (QED) is 0.841. The van der Waals surface area contributed by atoms with Gasteiger partial charge in [-0.1, -0.05) is 48.0 Å². The van der Waals surface area contributed by atoms with Crippen molar-refractivity contribution in [2.75, 3.05) is 11.9 Å². The zero-order chi connectivity index (χ0) is 12.1. The zero-order valence-electron chi connectivity index (χ0n) is 9.93. The molecule has 2 heteroatoms. The summed E-state index contributed by atoms with van der Waals surface area (Å²) in [6.45, 7) is 2.14. The second-order valence-corrected chi connectivity index (χ2v) is 4.16. The molecule has 0 saturated carbocycles. The standard InChI is InChI=1S/C15H17NO/c1-12-7-9-14(10-8-12)16-15(11-17)13-5-3-2-4-6-13/h2-10,15-17H,11H2,1H3/t15-/m1/s1. The lowest BCUT2D eigenvalue weighted by Gasteiger charge is -2.18. The third kappa shape index (κ3) is 3.08. The van der Waals surface area contributed by atoms with Gasteiger partial charge in [-0.15, -0.1) is 0 Å². The molecule has 0 aliphatic carbocycles. The second kappa shape index (κ2) is 5.51. The Labute approximate surface area is 102 Å². The molecule has 17 heavy (non-hydrogen) atoms. The monoisotopic (exact) mass is 227 g/mol. The molecule has 88 valence electrons. The highest BCUT2D eigenvalue weighted by atomic mass is 16.3.